The highest BCUT2D eigenvalue weighted by Crippen LogP contribution is 2.50. The van der Waals surface area contributed by atoms with E-state index < -0.39 is 0 Å². The van der Waals surface area contributed by atoms with Crippen LogP contribution in [0.25, 0.3) is 33.5 Å². The second-order valence-corrected chi connectivity index (χ2v) is 11.7. The molecule has 0 radical (unpaired) electrons. The molecule has 1 saturated carbocycles. The van der Waals surface area contributed by atoms with Gasteiger partial charge in [-0.25, -0.2) is 0 Å². The summed E-state index contributed by atoms with van der Waals surface area (Å²) >= 11 is 1.63. The molecule has 2 aliphatic rings. The largest absolute Gasteiger partial charge is 0.504 e. The molecule has 6 rings (SSSR count). The normalized spacial score (nSPS) is 19.8. The summed E-state index contributed by atoms with van der Waals surface area (Å²) in [6, 6.07) is 8.23. The van der Waals surface area contributed by atoms with Crippen LogP contribution in [0.5, 0.6) is 17.2 Å². The number of phenols is 1. The van der Waals surface area contributed by atoms with Crippen molar-refractivity contribution in [3.8, 4) is 27.7 Å². The first-order valence-corrected chi connectivity index (χ1v) is 14.5. The van der Waals surface area contributed by atoms with E-state index in [4.69, 9.17) is 9.47 Å². The van der Waals surface area contributed by atoms with Crippen LogP contribution in [0.15, 0.2) is 42.2 Å². The number of aryl methyl sites for hydroxylation is 1. The molecule has 1 aliphatic carbocycles. The van der Waals surface area contributed by atoms with Gasteiger partial charge in [0.2, 0.25) is 0 Å². The monoisotopic (exact) mass is 530 g/mol. The average Bonchev–Trinajstić information content (AvgIpc) is 3.56. The molecule has 4 aromatic rings. The van der Waals surface area contributed by atoms with Gasteiger partial charge in [-0.3, -0.25) is 4.98 Å². The fourth-order valence-electron chi connectivity index (χ4n) is 6.15. The van der Waals surface area contributed by atoms with Gasteiger partial charge in [0.1, 0.15) is 11.9 Å². The third-order valence-electron chi connectivity index (χ3n) is 8.10. The van der Waals surface area contributed by atoms with Gasteiger partial charge in [0.05, 0.1) is 28.4 Å². The lowest BCUT2D eigenvalue weighted by molar-refractivity contribution is -0.00709. The Balaban J connectivity index is 0.00000144. The van der Waals surface area contributed by atoms with Gasteiger partial charge in [0.25, 0.3) is 0 Å². The highest BCUT2D eigenvalue weighted by Gasteiger charge is 2.43. The number of phenolic OH excluding ortho intramolecular Hbond substituents is 1. The van der Waals surface area contributed by atoms with Crippen molar-refractivity contribution in [1.29, 1.82) is 0 Å². The Morgan fingerprint density at radius 2 is 1.92 bits per heavy atom. The van der Waals surface area contributed by atoms with E-state index in [1.807, 2.05) is 31.6 Å². The SMILES string of the molecule is CC.COc1cc(/C=C/c2cc(O)c3c(c2)C[C@H]2C(CCCC2(C)C)O3)cc2c1c(-c1cncs1)cn2C. The third kappa shape index (κ3) is 4.71. The molecule has 38 heavy (non-hydrogen) atoms. The number of hydrogen-bond acceptors (Lipinski definition) is 5. The van der Waals surface area contributed by atoms with Crippen LogP contribution in [-0.2, 0) is 13.5 Å². The van der Waals surface area contributed by atoms with E-state index in [9.17, 15) is 5.11 Å². The van der Waals surface area contributed by atoms with E-state index in [0.29, 0.717) is 11.7 Å². The van der Waals surface area contributed by atoms with Gasteiger partial charge in [-0.05, 0) is 72.1 Å². The Kier molecular flexibility index (Phi) is 7.28. The zero-order chi connectivity index (χ0) is 27.0. The summed E-state index contributed by atoms with van der Waals surface area (Å²) in [5.41, 5.74) is 7.45. The minimum Gasteiger partial charge on any atom is -0.504 e. The van der Waals surface area contributed by atoms with E-state index in [1.54, 1.807) is 18.4 Å². The van der Waals surface area contributed by atoms with E-state index in [0.717, 1.165) is 56.6 Å². The standard InChI is InChI=1S/C30H32N2O3S.C2H6/c1-30(2)9-5-6-25-22(30)14-20-10-18(12-24(33)29(20)35-25)7-8-19-11-23-28(26(13-19)34-4)21(16-32(23)3)27-15-31-17-36-27;1-2/h7-8,10-13,15-17,22,25,33H,5-6,9,14H2,1-4H3;1-2H3/b8-7+;/t22-,25?;/m0./s1. The summed E-state index contributed by atoms with van der Waals surface area (Å²) in [6.45, 7) is 8.71. The number of thiazole rings is 1. The quantitative estimate of drug-likeness (QED) is 0.269. The van der Waals surface area contributed by atoms with Gasteiger partial charge < -0.3 is 19.1 Å². The number of benzene rings is 2. The van der Waals surface area contributed by atoms with Crippen molar-refractivity contribution in [1.82, 2.24) is 9.55 Å². The summed E-state index contributed by atoms with van der Waals surface area (Å²) in [4.78, 5) is 5.37. The molecule has 1 unspecified atom stereocenters. The Morgan fingerprint density at radius 3 is 2.63 bits per heavy atom. The average molecular weight is 531 g/mol. The molecule has 0 bridgehead atoms. The van der Waals surface area contributed by atoms with Gasteiger partial charge in [-0.1, -0.05) is 39.8 Å². The van der Waals surface area contributed by atoms with Crippen molar-refractivity contribution in [2.75, 3.05) is 7.11 Å². The zero-order valence-electron chi connectivity index (χ0n) is 23.2. The van der Waals surface area contributed by atoms with Gasteiger partial charge >= 0.3 is 0 Å². The first-order chi connectivity index (χ1) is 18.3. The first kappa shape index (κ1) is 26.4. The molecule has 0 saturated heterocycles. The Bertz CT molecular complexity index is 1470. The van der Waals surface area contributed by atoms with Crippen LogP contribution < -0.4 is 9.47 Å². The summed E-state index contributed by atoms with van der Waals surface area (Å²) in [5, 5.41) is 11.9. The first-order valence-electron chi connectivity index (χ1n) is 13.6. The van der Waals surface area contributed by atoms with Crippen molar-refractivity contribution in [3.05, 3.63) is 58.9 Å². The number of aromatic nitrogens is 2. The Morgan fingerprint density at radius 1 is 1.16 bits per heavy atom. The van der Waals surface area contributed by atoms with Gasteiger partial charge in [-0.2, -0.15) is 0 Å². The van der Waals surface area contributed by atoms with E-state index >= 15 is 0 Å². The predicted molar refractivity (Wildman–Crippen MR) is 158 cm³/mol. The molecule has 1 N–H and O–H groups in total. The molecule has 5 nitrogen and oxygen atoms in total. The highest BCUT2D eigenvalue weighted by atomic mass is 32.1. The van der Waals surface area contributed by atoms with Crippen molar-refractivity contribution in [2.24, 2.45) is 18.4 Å². The number of fused-ring (bicyclic) bond motifs is 3. The van der Waals surface area contributed by atoms with Crippen molar-refractivity contribution in [3.63, 3.8) is 0 Å². The van der Waals surface area contributed by atoms with Crippen molar-refractivity contribution < 1.29 is 14.6 Å². The number of nitrogens with zero attached hydrogens (tertiary/aromatic N) is 2. The maximum Gasteiger partial charge on any atom is 0.164 e. The molecule has 200 valence electrons. The van der Waals surface area contributed by atoms with Crippen LogP contribution in [0.1, 0.15) is 63.6 Å². The van der Waals surface area contributed by atoms with Gasteiger partial charge in [0.15, 0.2) is 11.5 Å². The lowest BCUT2D eigenvalue weighted by atomic mass is 9.64. The lowest BCUT2D eigenvalue weighted by Crippen LogP contribution is -2.45. The lowest BCUT2D eigenvalue weighted by Gasteiger charge is -2.46. The zero-order valence-corrected chi connectivity index (χ0v) is 24.1. The molecule has 6 heteroatoms. The van der Waals surface area contributed by atoms with E-state index in [2.05, 4.69) is 67.0 Å². The molecule has 1 fully saturated rings. The minimum absolute atomic E-state index is 0.202. The van der Waals surface area contributed by atoms with E-state index in [1.165, 1.54) is 12.8 Å². The second kappa shape index (κ2) is 10.5. The van der Waals surface area contributed by atoms with Crippen LogP contribution in [0.2, 0.25) is 0 Å². The molecule has 0 amide bonds. The topological polar surface area (TPSA) is 56.5 Å². The molecule has 2 aromatic heterocycles. The fourth-order valence-corrected chi connectivity index (χ4v) is 6.79. The molecular formula is C32H38N2O3S. The number of ether oxygens (including phenoxy) is 2. The number of rotatable bonds is 4. The van der Waals surface area contributed by atoms with Gasteiger partial charge in [0, 0.05) is 30.9 Å². The second-order valence-electron chi connectivity index (χ2n) is 10.8. The van der Waals surface area contributed by atoms with Crippen LogP contribution in [0, 0.1) is 11.3 Å². The van der Waals surface area contributed by atoms with E-state index in [-0.39, 0.29) is 17.3 Å². The summed E-state index contributed by atoms with van der Waals surface area (Å²) in [5.74, 6) is 2.23. The maximum absolute atomic E-state index is 10.8. The van der Waals surface area contributed by atoms with Crippen LogP contribution in [0.4, 0.5) is 0 Å². The fraction of sp³-hybridized carbons (Fsp3) is 0.406. The van der Waals surface area contributed by atoms with Crippen LogP contribution in [-0.4, -0.2) is 27.9 Å². The van der Waals surface area contributed by atoms with Crippen LogP contribution in [0.3, 0.4) is 0 Å². The number of methoxy groups -OCH3 is 1. The number of hydrogen-bond donors (Lipinski definition) is 1. The summed E-state index contributed by atoms with van der Waals surface area (Å²) < 4.78 is 14.3. The number of aromatic hydroxyl groups is 1. The maximum atomic E-state index is 10.8. The Hall–Kier alpha value is -3.25. The molecule has 2 aromatic carbocycles. The molecular weight excluding hydrogens is 492 g/mol. The highest BCUT2D eigenvalue weighted by molar-refractivity contribution is 7.13. The third-order valence-corrected chi connectivity index (χ3v) is 8.91. The summed E-state index contributed by atoms with van der Waals surface area (Å²) in [7, 11) is 3.77. The summed E-state index contributed by atoms with van der Waals surface area (Å²) in [6.07, 6.45) is 12.8. The predicted octanol–water partition coefficient (Wildman–Crippen LogP) is 8.34. The minimum atomic E-state index is 0.202. The van der Waals surface area contributed by atoms with Crippen LogP contribution >= 0.6 is 11.3 Å². The van der Waals surface area contributed by atoms with Crippen molar-refractivity contribution in [2.45, 2.75) is 59.5 Å². The smallest absolute Gasteiger partial charge is 0.164 e. The van der Waals surface area contributed by atoms with Gasteiger partial charge in [-0.15, -0.1) is 11.3 Å². The molecule has 2 atom stereocenters. The molecule has 0 spiro atoms. The van der Waals surface area contributed by atoms with Crippen molar-refractivity contribution >= 4 is 34.4 Å². The Labute approximate surface area is 229 Å². The molecule has 3 heterocycles. The molecule has 1 aliphatic heterocycles.